The first kappa shape index (κ1) is 22.6. The molecule has 1 aliphatic heterocycles. The molecule has 2 N–H and O–H groups in total. The van der Waals surface area contributed by atoms with E-state index in [9.17, 15) is 14.4 Å². The molecule has 7 heteroatoms. The highest BCUT2D eigenvalue weighted by Gasteiger charge is 2.33. The van der Waals surface area contributed by atoms with Crippen LogP contribution in [0, 0.1) is 0 Å². The number of anilines is 1. The fourth-order valence-electron chi connectivity index (χ4n) is 3.93. The van der Waals surface area contributed by atoms with Gasteiger partial charge in [0.25, 0.3) is 11.8 Å². The molecule has 0 radical (unpaired) electrons. The molecule has 0 saturated carbocycles. The Balaban J connectivity index is 1.51. The van der Waals surface area contributed by atoms with Gasteiger partial charge in [0, 0.05) is 10.6 Å². The van der Waals surface area contributed by atoms with Crippen molar-refractivity contribution in [2.24, 2.45) is 0 Å². The van der Waals surface area contributed by atoms with Crippen LogP contribution >= 0.6 is 11.6 Å². The lowest BCUT2D eigenvalue weighted by Crippen LogP contribution is -2.54. The molecule has 0 fully saturated rings. The number of nitrogens with one attached hydrogen (secondary N) is 2. The van der Waals surface area contributed by atoms with Gasteiger partial charge in [-0.05, 0) is 48.7 Å². The smallest absolute Gasteiger partial charge is 0.261 e. The van der Waals surface area contributed by atoms with Crippen molar-refractivity contribution in [1.82, 2.24) is 10.7 Å². The third kappa shape index (κ3) is 4.76. The molecule has 2 atom stereocenters. The van der Waals surface area contributed by atoms with E-state index < -0.39 is 17.9 Å². The molecule has 3 amide bonds. The van der Waals surface area contributed by atoms with Crippen LogP contribution in [-0.2, 0) is 20.8 Å². The topological polar surface area (TPSA) is 78.5 Å². The highest BCUT2D eigenvalue weighted by molar-refractivity contribution is 6.30. The van der Waals surface area contributed by atoms with Gasteiger partial charge >= 0.3 is 0 Å². The van der Waals surface area contributed by atoms with Crippen molar-refractivity contribution >= 4 is 35.0 Å². The standard InChI is InChI=1S/C26H24ClN3O3/c1-16-20-7-3-4-8-21(20)22-9-5-6-10-23(22)30(26(16)33)29-25(32)17(2)28-24(31)15-18-11-13-19(27)14-12-18/h3-14,16-17H,15H2,1-2H3,(H,28,31)(H,29,32)/t16?,17-/m0/s1. The predicted octanol–water partition coefficient (Wildman–Crippen LogP) is 4.24. The summed E-state index contributed by atoms with van der Waals surface area (Å²) in [6.45, 7) is 3.41. The summed E-state index contributed by atoms with van der Waals surface area (Å²) in [6, 6.07) is 21.3. The number of rotatable bonds is 5. The number of halogens is 1. The minimum Gasteiger partial charge on any atom is -0.344 e. The highest BCUT2D eigenvalue weighted by Crippen LogP contribution is 2.39. The first-order valence-corrected chi connectivity index (χ1v) is 11.1. The molecule has 0 aromatic heterocycles. The highest BCUT2D eigenvalue weighted by atomic mass is 35.5. The number of nitrogens with zero attached hydrogens (tertiary/aromatic N) is 1. The van der Waals surface area contributed by atoms with Crippen LogP contribution in [0.25, 0.3) is 11.1 Å². The molecule has 0 bridgehead atoms. The quantitative estimate of drug-likeness (QED) is 0.596. The number of hydrogen-bond donors (Lipinski definition) is 2. The summed E-state index contributed by atoms with van der Waals surface area (Å²) >= 11 is 5.88. The lowest BCUT2D eigenvalue weighted by atomic mass is 9.92. The summed E-state index contributed by atoms with van der Waals surface area (Å²) in [7, 11) is 0. The lowest BCUT2D eigenvalue weighted by molar-refractivity contribution is -0.130. The van der Waals surface area contributed by atoms with E-state index in [1.54, 1.807) is 37.3 Å². The van der Waals surface area contributed by atoms with Gasteiger partial charge in [0.15, 0.2) is 0 Å². The van der Waals surface area contributed by atoms with E-state index in [0.717, 1.165) is 22.3 Å². The van der Waals surface area contributed by atoms with Gasteiger partial charge in [0.1, 0.15) is 6.04 Å². The first-order valence-electron chi connectivity index (χ1n) is 10.7. The third-order valence-electron chi connectivity index (χ3n) is 5.72. The largest absolute Gasteiger partial charge is 0.344 e. The number of hydrazine groups is 1. The van der Waals surface area contributed by atoms with Gasteiger partial charge in [-0.2, -0.15) is 0 Å². The number of para-hydroxylation sites is 1. The second-order valence-electron chi connectivity index (χ2n) is 8.07. The van der Waals surface area contributed by atoms with Gasteiger partial charge in [-0.1, -0.05) is 66.2 Å². The molecule has 1 unspecified atom stereocenters. The summed E-state index contributed by atoms with van der Waals surface area (Å²) in [5, 5.41) is 4.58. The van der Waals surface area contributed by atoms with Crippen LogP contribution in [0.15, 0.2) is 72.8 Å². The van der Waals surface area contributed by atoms with E-state index in [4.69, 9.17) is 11.6 Å². The molecule has 6 nitrogen and oxygen atoms in total. The van der Waals surface area contributed by atoms with Gasteiger partial charge in [-0.15, -0.1) is 0 Å². The van der Waals surface area contributed by atoms with E-state index in [1.807, 2.05) is 49.4 Å². The summed E-state index contributed by atoms with van der Waals surface area (Å²) in [4.78, 5) is 38.7. The molecule has 0 spiro atoms. The molecular weight excluding hydrogens is 438 g/mol. The minimum atomic E-state index is -0.842. The summed E-state index contributed by atoms with van der Waals surface area (Å²) < 4.78 is 0. The summed E-state index contributed by atoms with van der Waals surface area (Å²) in [5.74, 6) is -1.49. The Morgan fingerprint density at radius 3 is 2.33 bits per heavy atom. The molecule has 0 saturated heterocycles. The van der Waals surface area contributed by atoms with E-state index in [-0.39, 0.29) is 18.2 Å². The predicted molar refractivity (Wildman–Crippen MR) is 129 cm³/mol. The minimum absolute atomic E-state index is 0.118. The molecule has 3 aromatic carbocycles. The Kier molecular flexibility index (Phi) is 6.47. The number of hydrogen-bond acceptors (Lipinski definition) is 3. The molecule has 1 heterocycles. The Bertz CT molecular complexity index is 1210. The average Bonchev–Trinajstić information content (AvgIpc) is 2.90. The van der Waals surface area contributed by atoms with Crippen molar-refractivity contribution in [3.63, 3.8) is 0 Å². The Morgan fingerprint density at radius 2 is 1.61 bits per heavy atom. The van der Waals surface area contributed by atoms with Crippen LogP contribution < -0.4 is 15.8 Å². The van der Waals surface area contributed by atoms with Crippen molar-refractivity contribution in [3.8, 4) is 11.1 Å². The maximum atomic E-state index is 13.3. The van der Waals surface area contributed by atoms with Crippen LogP contribution in [0.3, 0.4) is 0 Å². The molecule has 1 aliphatic rings. The van der Waals surface area contributed by atoms with E-state index >= 15 is 0 Å². The van der Waals surface area contributed by atoms with Crippen LogP contribution in [0.2, 0.25) is 5.02 Å². The van der Waals surface area contributed by atoms with Gasteiger partial charge in [0.2, 0.25) is 5.91 Å². The van der Waals surface area contributed by atoms with Crippen molar-refractivity contribution in [2.75, 3.05) is 5.01 Å². The number of carbonyl (C=O) groups is 3. The van der Waals surface area contributed by atoms with Gasteiger partial charge in [-0.25, -0.2) is 5.01 Å². The number of fused-ring (bicyclic) bond motifs is 3. The van der Waals surface area contributed by atoms with E-state index in [0.29, 0.717) is 10.7 Å². The number of benzene rings is 3. The molecule has 4 rings (SSSR count). The monoisotopic (exact) mass is 461 g/mol. The van der Waals surface area contributed by atoms with Gasteiger partial charge in [0.05, 0.1) is 18.0 Å². The van der Waals surface area contributed by atoms with Crippen molar-refractivity contribution in [2.45, 2.75) is 32.2 Å². The summed E-state index contributed by atoms with van der Waals surface area (Å²) in [5.41, 5.74) is 6.80. The van der Waals surface area contributed by atoms with Crippen LogP contribution in [0.1, 0.15) is 30.9 Å². The molecule has 3 aromatic rings. The molecular formula is C26H24ClN3O3. The molecule has 168 valence electrons. The van der Waals surface area contributed by atoms with Crippen molar-refractivity contribution in [1.29, 1.82) is 0 Å². The average molecular weight is 462 g/mol. The van der Waals surface area contributed by atoms with Crippen LogP contribution in [0.4, 0.5) is 5.69 Å². The summed E-state index contributed by atoms with van der Waals surface area (Å²) in [6.07, 6.45) is 0.118. The zero-order chi connectivity index (χ0) is 23.5. The fraction of sp³-hybridized carbons (Fsp3) is 0.192. The zero-order valence-corrected chi connectivity index (χ0v) is 19.1. The number of carbonyl (C=O) groups excluding carboxylic acids is 3. The second-order valence-corrected chi connectivity index (χ2v) is 8.50. The maximum Gasteiger partial charge on any atom is 0.261 e. The second kappa shape index (κ2) is 9.46. The number of amides is 3. The molecule has 0 aliphatic carbocycles. The Hall–Kier alpha value is -3.64. The fourth-order valence-corrected chi connectivity index (χ4v) is 4.06. The van der Waals surface area contributed by atoms with Crippen LogP contribution in [-0.4, -0.2) is 23.8 Å². The van der Waals surface area contributed by atoms with Gasteiger partial charge in [-0.3, -0.25) is 19.8 Å². The van der Waals surface area contributed by atoms with Crippen molar-refractivity contribution < 1.29 is 14.4 Å². The van der Waals surface area contributed by atoms with Crippen LogP contribution in [0.5, 0.6) is 0 Å². The Labute approximate surface area is 197 Å². The SMILES string of the molecule is CC1C(=O)N(NC(=O)[C@H](C)NC(=O)Cc2ccc(Cl)cc2)c2ccccc2-c2ccccc21. The normalized spacial score (nSPS) is 15.7. The third-order valence-corrected chi connectivity index (χ3v) is 5.98. The van der Waals surface area contributed by atoms with E-state index in [2.05, 4.69) is 10.7 Å². The maximum absolute atomic E-state index is 13.3. The molecule has 33 heavy (non-hydrogen) atoms. The van der Waals surface area contributed by atoms with Crippen molar-refractivity contribution in [3.05, 3.63) is 88.9 Å². The lowest BCUT2D eigenvalue weighted by Gasteiger charge is -2.27. The van der Waals surface area contributed by atoms with Gasteiger partial charge < -0.3 is 5.32 Å². The zero-order valence-electron chi connectivity index (χ0n) is 18.3. The first-order chi connectivity index (χ1) is 15.8. The van der Waals surface area contributed by atoms with E-state index in [1.165, 1.54) is 5.01 Å². The Morgan fingerprint density at radius 1 is 0.970 bits per heavy atom.